The molecule has 4 nitrogen and oxygen atoms in total. The zero-order valence-corrected chi connectivity index (χ0v) is 9.51. The highest BCUT2D eigenvalue weighted by Gasteiger charge is 2.23. The second-order valence-corrected chi connectivity index (χ2v) is 4.72. The van der Waals surface area contributed by atoms with Crippen molar-refractivity contribution in [2.45, 2.75) is 31.8 Å². The summed E-state index contributed by atoms with van der Waals surface area (Å²) in [6.07, 6.45) is 3.79. The molecule has 0 spiro atoms. The number of thiazole rings is 1. The SMILES string of the molecule is CC1NCCCC1NC(=O)c1cncs1. The van der Waals surface area contributed by atoms with Gasteiger partial charge in [-0.25, -0.2) is 0 Å². The third-order valence-electron chi connectivity index (χ3n) is 2.73. The topological polar surface area (TPSA) is 54.0 Å². The Morgan fingerprint density at radius 3 is 3.27 bits per heavy atom. The molecule has 2 heterocycles. The van der Waals surface area contributed by atoms with Crippen LogP contribution in [0.1, 0.15) is 29.4 Å². The second kappa shape index (κ2) is 4.72. The number of hydrogen-bond acceptors (Lipinski definition) is 4. The normalized spacial score (nSPS) is 26.2. The van der Waals surface area contributed by atoms with Gasteiger partial charge in [-0.3, -0.25) is 9.78 Å². The molecule has 0 bridgehead atoms. The number of hydrogen-bond donors (Lipinski definition) is 2. The summed E-state index contributed by atoms with van der Waals surface area (Å²) in [6.45, 7) is 3.16. The van der Waals surface area contributed by atoms with E-state index in [0.29, 0.717) is 10.9 Å². The van der Waals surface area contributed by atoms with E-state index in [0.717, 1.165) is 19.4 Å². The van der Waals surface area contributed by atoms with E-state index in [1.165, 1.54) is 11.3 Å². The number of carbonyl (C=O) groups excluding carboxylic acids is 1. The minimum absolute atomic E-state index is 0.00181. The Balaban J connectivity index is 1.93. The van der Waals surface area contributed by atoms with E-state index in [9.17, 15) is 4.79 Å². The summed E-state index contributed by atoms with van der Waals surface area (Å²) in [5.74, 6) is -0.00181. The van der Waals surface area contributed by atoms with Crippen molar-refractivity contribution in [3.63, 3.8) is 0 Å². The van der Waals surface area contributed by atoms with Crippen molar-refractivity contribution in [1.82, 2.24) is 15.6 Å². The first-order chi connectivity index (χ1) is 7.27. The quantitative estimate of drug-likeness (QED) is 0.790. The van der Waals surface area contributed by atoms with Crippen LogP contribution in [-0.4, -0.2) is 29.5 Å². The maximum absolute atomic E-state index is 11.8. The Bertz CT molecular complexity index is 325. The molecule has 2 atom stereocenters. The zero-order chi connectivity index (χ0) is 10.7. The van der Waals surface area contributed by atoms with Crippen LogP contribution in [0.25, 0.3) is 0 Å². The number of amides is 1. The van der Waals surface area contributed by atoms with Gasteiger partial charge in [-0.2, -0.15) is 0 Å². The van der Waals surface area contributed by atoms with Gasteiger partial charge in [0.05, 0.1) is 11.7 Å². The fraction of sp³-hybridized carbons (Fsp3) is 0.600. The predicted molar refractivity (Wildman–Crippen MR) is 60.1 cm³/mol. The van der Waals surface area contributed by atoms with Gasteiger partial charge in [0.15, 0.2) is 0 Å². The van der Waals surface area contributed by atoms with Crippen LogP contribution in [0, 0.1) is 0 Å². The number of nitrogens with one attached hydrogen (secondary N) is 2. The van der Waals surface area contributed by atoms with Gasteiger partial charge in [-0.1, -0.05) is 0 Å². The van der Waals surface area contributed by atoms with Crippen molar-refractivity contribution < 1.29 is 4.79 Å². The van der Waals surface area contributed by atoms with Gasteiger partial charge in [0.2, 0.25) is 0 Å². The van der Waals surface area contributed by atoms with Crippen LogP contribution >= 0.6 is 11.3 Å². The Kier molecular flexibility index (Phi) is 3.33. The van der Waals surface area contributed by atoms with Gasteiger partial charge in [-0.05, 0) is 26.3 Å². The molecule has 1 aliphatic rings. The molecular formula is C10H15N3OS. The van der Waals surface area contributed by atoms with E-state index in [-0.39, 0.29) is 11.9 Å². The summed E-state index contributed by atoms with van der Waals surface area (Å²) in [7, 11) is 0. The fourth-order valence-electron chi connectivity index (χ4n) is 1.81. The first-order valence-corrected chi connectivity index (χ1v) is 6.08. The standard InChI is InChI=1S/C10H15N3OS/c1-7-8(3-2-4-12-7)13-10(14)9-5-11-6-15-9/h5-8,12H,2-4H2,1H3,(H,13,14). The van der Waals surface area contributed by atoms with E-state index in [1.54, 1.807) is 11.7 Å². The zero-order valence-electron chi connectivity index (χ0n) is 8.69. The molecular weight excluding hydrogens is 210 g/mol. The molecule has 0 aromatic carbocycles. The van der Waals surface area contributed by atoms with Crippen molar-refractivity contribution >= 4 is 17.2 Å². The van der Waals surface area contributed by atoms with Crippen LogP contribution in [0.2, 0.25) is 0 Å². The van der Waals surface area contributed by atoms with Crippen LogP contribution in [0.3, 0.4) is 0 Å². The van der Waals surface area contributed by atoms with Crippen LogP contribution in [-0.2, 0) is 0 Å². The molecule has 1 aromatic heterocycles. The third-order valence-corrected chi connectivity index (χ3v) is 3.51. The maximum Gasteiger partial charge on any atom is 0.263 e. The van der Waals surface area contributed by atoms with Gasteiger partial charge in [0.1, 0.15) is 4.88 Å². The summed E-state index contributed by atoms with van der Waals surface area (Å²) >= 11 is 1.38. The van der Waals surface area contributed by atoms with E-state index < -0.39 is 0 Å². The van der Waals surface area contributed by atoms with Gasteiger partial charge < -0.3 is 10.6 Å². The van der Waals surface area contributed by atoms with Crippen molar-refractivity contribution in [1.29, 1.82) is 0 Å². The minimum Gasteiger partial charge on any atom is -0.347 e. The van der Waals surface area contributed by atoms with E-state index >= 15 is 0 Å². The molecule has 1 aromatic rings. The maximum atomic E-state index is 11.8. The molecule has 1 amide bonds. The summed E-state index contributed by atoms with van der Waals surface area (Å²) in [4.78, 5) is 16.3. The average molecular weight is 225 g/mol. The molecule has 1 aliphatic heterocycles. The third kappa shape index (κ3) is 2.54. The number of nitrogens with zero attached hydrogens (tertiary/aromatic N) is 1. The molecule has 0 radical (unpaired) electrons. The van der Waals surface area contributed by atoms with Gasteiger partial charge in [-0.15, -0.1) is 11.3 Å². The molecule has 1 fully saturated rings. The van der Waals surface area contributed by atoms with Crippen molar-refractivity contribution in [2.24, 2.45) is 0 Å². The summed E-state index contributed by atoms with van der Waals surface area (Å²) in [6, 6.07) is 0.601. The van der Waals surface area contributed by atoms with Crippen molar-refractivity contribution in [3.8, 4) is 0 Å². The highest BCUT2D eigenvalue weighted by Crippen LogP contribution is 2.11. The van der Waals surface area contributed by atoms with E-state index in [2.05, 4.69) is 22.5 Å². The molecule has 2 unspecified atom stereocenters. The van der Waals surface area contributed by atoms with E-state index in [4.69, 9.17) is 0 Å². The first-order valence-electron chi connectivity index (χ1n) is 5.20. The minimum atomic E-state index is -0.00181. The lowest BCUT2D eigenvalue weighted by molar-refractivity contribution is 0.0924. The fourth-order valence-corrected chi connectivity index (χ4v) is 2.33. The molecule has 15 heavy (non-hydrogen) atoms. The van der Waals surface area contributed by atoms with Gasteiger partial charge in [0.25, 0.3) is 5.91 Å². The van der Waals surface area contributed by atoms with Crippen LogP contribution in [0.15, 0.2) is 11.7 Å². The highest BCUT2D eigenvalue weighted by atomic mass is 32.1. The highest BCUT2D eigenvalue weighted by molar-refractivity contribution is 7.11. The summed E-state index contributed by atoms with van der Waals surface area (Å²) in [5, 5.41) is 6.40. The van der Waals surface area contributed by atoms with Crippen molar-refractivity contribution in [2.75, 3.05) is 6.54 Å². The average Bonchev–Trinajstić information content (AvgIpc) is 2.74. The predicted octanol–water partition coefficient (Wildman–Crippen LogP) is 1.01. The van der Waals surface area contributed by atoms with Gasteiger partial charge >= 0.3 is 0 Å². The summed E-state index contributed by atoms with van der Waals surface area (Å²) < 4.78 is 0. The first kappa shape index (κ1) is 10.6. The molecule has 0 saturated carbocycles. The lowest BCUT2D eigenvalue weighted by Crippen LogP contribution is -2.51. The Labute approximate surface area is 93.1 Å². The Morgan fingerprint density at radius 1 is 1.73 bits per heavy atom. The van der Waals surface area contributed by atoms with Crippen LogP contribution < -0.4 is 10.6 Å². The lowest BCUT2D eigenvalue weighted by atomic mass is 10.00. The molecule has 0 aliphatic carbocycles. The smallest absolute Gasteiger partial charge is 0.263 e. The lowest BCUT2D eigenvalue weighted by Gasteiger charge is -2.30. The van der Waals surface area contributed by atoms with Crippen molar-refractivity contribution in [3.05, 3.63) is 16.6 Å². The Morgan fingerprint density at radius 2 is 2.60 bits per heavy atom. The van der Waals surface area contributed by atoms with E-state index in [1.807, 2.05) is 0 Å². The number of rotatable bonds is 2. The Hall–Kier alpha value is -0.940. The van der Waals surface area contributed by atoms with Crippen LogP contribution in [0.4, 0.5) is 0 Å². The molecule has 2 N–H and O–H groups in total. The van der Waals surface area contributed by atoms with Gasteiger partial charge in [0, 0.05) is 12.1 Å². The molecule has 82 valence electrons. The largest absolute Gasteiger partial charge is 0.347 e. The van der Waals surface area contributed by atoms with Crippen LogP contribution in [0.5, 0.6) is 0 Å². The second-order valence-electron chi connectivity index (χ2n) is 3.83. The summed E-state index contributed by atoms with van der Waals surface area (Å²) in [5.41, 5.74) is 1.68. The number of aromatic nitrogens is 1. The number of carbonyl (C=O) groups is 1. The monoisotopic (exact) mass is 225 g/mol. The molecule has 5 heteroatoms. The number of piperidine rings is 1. The molecule has 2 rings (SSSR count). The molecule has 1 saturated heterocycles.